The van der Waals surface area contributed by atoms with Gasteiger partial charge >= 0.3 is 5.97 Å². The highest BCUT2D eigenvalue weighted by atomic mass is 16.5. The summed E-state index contributed by atoms with van der Waals surface area (Å²) in [6.45, 7) is 9.42. The number of hydrogen-bond acceptors (Lipinski definition) is 3. The topological polar surface area (TPSA) is 64.3 Å². The average molecular weight is 390 g/mol. The van der Waals surface area contributed by atoms with Gasteiger partial charge in [-0.2, -0.15) is 0 Å². The molecule has 6 heteroatoms. The predicted octanol–water partition coefficient (Wildman–Crippen LogP) is -0.813. The van der Waals surface area contributed by atoms with Crippen molar-refractivity contribution in [2.75, 3.05) is 46.4 Å². The molecule has 1 saturated heterocycles. The van der Waals surface area contributed by atoms with E-state index in [9.17, 15) is 9.59 Å². The first kappa shape index (κ1) is 22.1. The molecule has 1 aromatic carbocycles. The zero-order valence-electron chi connectivity index (χ0n) is 17.4. The van der Waals surface area contributed by atoms with Gasteiger partial charge in [-0.25, -0.2) is 4.79 Å². The van der Waals surface area contributed by atoms with Crippen molar-refractivity contribution in [2.24, 2.45) is 5.92 Å². The number of carbonyl (C=O) groups is 2. The van der Waals surface area contributed by atoms with Gasteiger partial charge in [-0.1, -0.05) is 56.7 Å². The summed E-state index contributed by atoms with van der Waals surface area (Å²) >= 11 is 0. The Bertz CT molecular complexity index is 640. The molecule has 2 atom stereocenters. The number of esters is 1. The Labute approximate surface area is 168 Å². The Morgan fingerprint density at radius 2 is 1.79 bits per heavy atom. The van der Waals surface area contributed by atoms with Crippen molar-refractivity contribution >= 4 is 18.0 Å². The lowest BCUT2D eigenvalue weighted by atomic mass is 9.99. The third kappa shape index (κ3) is 7.09. The molecule has 0 aromatic heterocycles. The lowest BCUT2D eigenvalue weighted by Crippen LogP contribution is -3.28. The highest BCUT2D eigenvalue weighted by Gasteiger charge is 2.29. The molecule has 0 saturated carbocycles. The fraction of sp³-hybridized carbons (Fsp3) is 0.545. The van der Waals surface area contributed by atoms with Gasteiger partial charge in [0.25, 0.3) is 5.91 Å². The molecule has 1 aliphatic rings. The van der Waals surface area contributed by atoms with Gasteiger partial charge in [-0.15, -0.1) is 0 Å². The van der Waals surface area contributed by atoms with Crippen LogP contribution in [0.2, 0.25) is 0 Å². The minimum atomic E-state index is -0.558. The zero-order chi connectivity index (χ0) is 20.4. The molecule has 0 unspecified atom stereocenters. The van der Waals surface area contributed by atoms with E-state index in [4.69, 9.17) is 4.74 Å². The number of carbonyl (C=O) groups excluding carboxylic acids is 2. The molecule has 0 bridgehead atoms. The largest absolute Gasteiger partial charge is 0.467 e. The highest BCUT2D eigenvalue weighted by molar-refractivity contribution is 5.85. The molecule has 0 aliphatic carbocycles. The molecule has 0 radical (unpaired) electrons. The number of methoxy groups -OCH3 is 1. The Kier molecular flexibility index (Phi) is 9.17. The van der Waals surface area contributed by atoms with Crippen molar-refractivity contribution in [3.8, 4) is 0 Å². The van der Waals surface area contributed by atoms with Crippen LogP contribution < -0.4 is 15.1 Å². The molecule has 0 spiro atoms. The first-order chi connectivity index (χ1) is 13.5. The highest BCUT2D eigenvalue weighted by Crippen LogP contribution is 2.08. The van der Waals surface area contributed by atoms with Gasteiger partial charge in [-0.3, -0.25) is 4.79 Å². The molecular weight excluding hydrogens is 354 g/mol. The molecule has 1 fully saturated rings. The normalized spacial score (nSPS) is 21.8. The number of quaternary nitrogens is 2. The van der Waals surface area contributed by atoms with E-state index in [1.54, 1.807) is 4.90 Å². The van der Waals surface area contributed by atoms with Gasteiger partial charge in [0.15, 0.2) is 6.54 Å². The molecule has 28 heavy (non-hydrogen) atoms. The lowest BCUT2D eigenvalue weighted by Gasteiger charge is -2.29. The second-order valence-corrected chi connectivity index (χ2v) is 7.65. The smallest absolute Gasteiger partial charge is 0.328 e. The summed E-state index contributed by atoms with van der Waals surface area (Å²) in [5.74, 6) is -0.376. The van der Waals surface area contributed by atoms with Crippen molar-refractivity contribution in [3.05, 3.63) is 42.0 Å². The summed E-state index contributed by atoms with van der Waals surface area (Å²) in [7, 11) is 1.36. The third-order valence-electron chi connectivity index (χ3n) is 5.58. The third-order valence-corrected chi connectivity index (χ3v) is 5.58. The Balaban J connectivity index is 1.73. The summed E-state index contributed by atoms with van der Waals surface area (Å²) in [6.07, 6.45) is 5.21. The van der Waals surface area contributed by atoms with Crippen molar-refractivity contribution in [1.29, 1.82) is 0 Å². The molecule has 1 amide bonds. The molecule has 154 valence electrons. The average Bonchev–Trinajstić information content (AvgIpc) is 2.73. The maximum Gasteiger partial charge on any atom is 0.328 e. The van der Waals surface area contributed by atoms with E-state index in [1.807, 2.05) is 32.0 Å². The number of benzene rings is 1. The van der Waals surface area contributed by atoms with Crippen molar-refractivity contribution < 1.29 is 24.1 Å². The fourth-order valence-electron chi connectivity index (χ4n) is 3.51. The maximum absolute atomic E-state index is 12.4. The zero-order valence-corrected chi connectivity index (χ0v) is 17.4. The van der Waals surface area contributed by atoms with E-state index < -0.39 is 6.04 Å². The summed E-state index contributed by atoms with van der Waals surface area (Å²) in [5.41, 5.74) is 1.23. The second-order valence-electron chi connectivity index (χ2n) is 7.65. The van der Waals surface area contributed by atoms with Gasteiger partial charge in [0.1, 0.15) is 32.2 Å². The van der Waals surface area contributed by atoms with Crippen LogP contribution in [0.4, 0.5) is 0 Å². The predicted molar refractivity (Wildman–Crippen MR) is 110 cm³/mol. The van der Waals surface area contributed by atoms with Crippen LogP contribution in [0.3, 0.4) is 0 Å². The van der Waals surface area contributed by atoms with Crippen LogP contribution in [-0.2, 0) is 14.3 Å². The second kappa shape index (κ2) is 11.6. The van der Waals surface area contributed by atoms with Crippen LogP contribution in [-0.4, -0.2) is 64.3 Å². The van der Waals surface area contributed by atoms with Crippen LogP contribution in [0, 0.1) is 5.92 Å². The number of ether oxygens (including phenoxy) is 1. The van der Waals surface area contributed by atoms with E-state index in [0.29, 0.717) is 6.54 Å². The van der Waals surface area contributed by atoms with Gasteiger partial charge in [0, 0.05) is 0 Å². The van der Waals surface area contributed by atoms with Crippen LogP contribution in [0.1, 0.15) is 25.8 Å². The summed E-state index contributed by atoms with van der Waals surface area (Å²) in [5, 5.41) is 2.88. The lowest BCUT2D eigenvalue weighted by molar-refractivity contribution is -1.01. The molecule has 1 aromatic rings. The Hall–Kier alpha value is -2.18. The first-order valence-corrected chi connectivity index (χ1v) is 10.3. The quantitative estimate of drug-likeness (QED) is 0.484. The molecular formula is C22H35N3O3+2. The van der Waals surface area contributed by atoms with Gasteiger partial charge in [0.2, 0.25) is 0 Å². The van der Waals surface area contributed by atoms with Gasteiger partial charge < -0.3 is 19.9 Å². The van der Waals surface area contributed by atoms with Gasteiger partial charge in [0.05, 0.1) is 13.7 Å². The number of nitrogens with one attached hydrogen (secondary N) is 3. The first-order valence-electron chi connectivity index (χ1n) is 10.3. The summed E-state index contributed by atoms with van der Waals surface area (Å²) in [6, 6.07) is 9.77. The number of rotatable bonds is 9. The minimum Gasteiger partial charge on any atom is -0.467 e. The van der Waals surface area contributed by atoms with Crippen LogP contribution in [0.25, 0.3) is 6.08 Å². The van der Waals surface area contributed by atoms with Crippen molar-refractivity contribution in [2.45, 2.75) is 26.3 Å². The number of hydrogen-bond donors (Lipinski definition) is 3. The number of piperazine rings is 1. The van der Waals surface area contributed by atoms with Gasteiger partial charge in [-0.05, 0) is 17.6 Å². The molecule has 6 nitrogen and oxygen atoms in total. The van der Waals surface area contributed by atoms with E-state index in [-0.39, 0.29) is 17.8 Å². The van der Waals surface area contributed by atoms with Crippen molar-refractivity contribution in [3.63, 3.8) is 0 Å². The number of amides is 1. The SMILES string of the molecule is CC[C@@H](C)[C@H](NC(=O)C[NH+]1CC[NH+](C/C=C/c2ccccc2)CC1)C(=O)OC. The van der Waals surface area contributed by atoms with Crippen LogP contribution >= 0.6 is 0 Å². The molecule has 2 rings (SSSR count). The maximum atomic E-state index is 12.4. The van der Waals surface area contributed by atoms with Crippen LogP contribution in [0.5, 0.6) is 0 Å². The van der Waals surface area contributed by atoms with Crippen molar-refractivity contribution in [1.82, 2.24) is 5.32 Å². The van der Waals surface area contributed by atoms with Crippen LogP contribution in [0.15, 0.2) is 36.4 Å². The summed E-state index contributed by atoms with van der Waals surface area (Å²) < 4.78 is 4.84. The van der Waals surface area contributed by atoms with E-state index in [1.165, 1.54) is 17.6 Å². The Morgan fingerprint density at radius 1 is 1.14 bits per heavy atom. The van der Waals surface area contributed by atoms with E-state index in [0.717, 1.165) is 39.1 Å². The van der Waals surface area contributed by atoms with E-state index >= 15 is 0 Å². The minimum absolute atomic E-state index is 0.0593. The Morgan fingerprint density at radius 3 is 2.39 bits per heavy atom. The van der Waals surface area contributed by atoms with E-state index in [2.05, 4.69) is 29.6 Å². The molecule has 3 N–H and O–H groups in total. The standard InChI is InChI=1S/C22H33N3O3/c1-4-18(2)21(22(27)28-3)23-20(26)17-25-15-13-24(14-16-25)12-8-11-19-9-6-5-7-10-19/h5-11,18,21H,4,12-17H2,1-3H3,(H,23,26)/p+2/b11-8+/t18-,21+/m1/s1. The fourth-order valence-corrected chi connectivity index (χ4v) is 3.51. The summed E-state index contributed by atoms with van der Waals surface area (Å²) in [4.78, 5) is 27.2. The molecule has 1 heterocycles. The molecule has 1 aliphatic heterocycles. The monoisotopic (exact) mass is 389 g/mol.